The molecule has 0 atom stereocenters. The van der Waals surface area contributed by atoms with Gasteiger partial charge >= 0.3 is 30.2 Å². The molecule has 0 amide bonds. The van der Waals surface area contributed by atoms with E-state index >= 15 is 0 Å². The Morgan fingerprint density at radius 1 is 0.735 bits per heavy atom. The minimum absolute atomic E-state index is 1.01. The summed E-state index contributed by atoms with van der Waals surface area (Å²) >= 11 is 1.58. The largest absolute Gasteiger partial charge is 0.179 e. The number of aryl methyl sites for hydroxylation is 2. The Labute approximate surface area is 222 Å². The first-order valence-electron chi connectivity index (χ1n) is 11.2. The molecule has 170 valence electrons. The molecule has 0 heterocycles. The Kier molecular flexibility index (Phi) is 13.8. The van der Waals surface area contributed by atoms with Gasteiger partial charge in [-0.3, -0.25) is 6.08 Å². The van der Waals surface area contributed by atoms with Gasteiger partial charge in [0.2, 0.25) is 0 Å². The van der Waals surface area contributed by atoms with E-state index in [4.69, 9.17) is 0 Å². The van der Waals surface area contributed by atoms with Crippen LogP contribution in [0.25, 0.3) is 11.1 Å². The van der Waals surface area contributed by atoms with Crippen molar-refractivity contribution < 1.29 is 23.3 Å². The van der Waals surface area contributed by atoms with Crippen LogP contribution in [0.3, 0.4) is 0 Å². The van der Waals surface area contributed by atoms with E-state index in [0.29, 0.717) is 0 Å². The first kappa shape index (κ1) is 27.7. The normalized spacial score (nSPS) is 11.0. The van der Waals surface area contributed by atoms with Crippen LogP contribution < -0.4 is 0 Å². The van der Waals surface area contributed by atoms with Crippen LogP contribution >= 0.6 is 0 Å². The van der Waals surface area contributed by atoms with Crippen LogP contribution in [0.2, 0.25) is 0 Å². The molecule has 4 aromatic rings. The van der Waals surface area contributed by atoms with E-state index in [2.05, 4.69) is 92.7 Å². The quantitative estimate of drug-likeness (QED) is 0.148. The molecule has 0 fully saturated rings. The number of hydrogen-bond acceptors (Lipinski definition) is 0. The van der Waals surface area contributed by atoms with Gasteiger partial charge in [0.05, 0.1) is 0 Å². The number of hydrogen-bond donors (Lipinski definition) is 0. The Morgan fingerprint density at radius 3 is 1.82 bits per heavy atom. The van der Waals surface area contributed by atoms with Crippen LogP contribution in [-0.4, -0.2) is 6.88 Å². The SMILES string of the molecule is Cc1c[c-]ccc1.Cc1c[c-]ccc1.[C-]1=CC=CC1.[SiH2]=[Zr].[c-]1cccc2c1Cc1ccccc1-2. The summed E-state index contributed by atoms with van der Waals surface area (Å²) < 4.78 is 0. The summed E-state index contributed by atoms with van der Waals surface area (Å²) in [4.78, 5) is 0. The van der Waals surface area contributed by atoms with E-state index < -0.39 is 0 Å². The number of rotatable bonds is 0. The van der Waals surface area contributed by atoms with E-state index in [0.717, 1.165) is 12.8 Å². The molecule has 0 spiro atoms. The molecule has 6 rings (SSSR count). The molecule has 0 saturated heterocycles. The van der Waals surface area contributed by atoms with Gasteiger partial charge < -0.3 is 0 Å². The molecule has 0 saturated carbocycles. The zero-order chi connectivity index (χ0) is 24.4. The smallest absolute Gasteiger partial charge is 0.0253 e. The second kappa shape index (κ2) is 17.0. The van der Waals surface area contributed by atoms with Gasteiger partial charge in [0.15, 0.2) is 0 Å². The minimum Gasteiger partial charge on any atom is -0.179 e. The van der Waals surface area contributed by atoms with Gasteiger partial charge in [0.1, 0.15) is 0 Å². The van der Waals surface area contributed by atoms with Crippen molar-refractivity contribution >= 4 is 6.88 Å². The summed E-state index contributed by atoms with van der Waals surface area (Å²) in [5.74, 6) is 0. The molecule has 0 aromatic heterocycles. The van der Waals surface area contributed by atoms with E-state index in [1.165, 1.54) is 33.4 Å². The van der Waals surface area contributed by atoms with Gasteiger partial charge in [-0.15, -0.1) is 12.0 Å². The third-order valence-electron chi connectivity index (χ3n) is 4.93. The summed E-state index contributed by atoms with van der Waals surface area (Å²) in [6, 6.07) is 39.8. The Bertz CT molecular complexity index is 1060. The van der Waals surface area contributed by atoms with Crippen LogP contribution in [0, 0.1) is 38.1 Å². The predicted molar refractivity (Wildman–Crippen MR) is 144 cm³/mol. The molecule has 2 heteroatoms. The Balaban J connectivity index is 0.000000168. The number of allylic oxidation sites excluding steroid dienone is 4. The van der Waals surface area contributed by atoms with Gasteiger partial charge in [0, 0.05) is 0 Å². The van der Waals surface area contributed by atoms with Crippen molar-refractivity contribution in [1.82, 2.24) is 0 Å². The Morgan fingerprint density at radius 2 is 1.35 bits per heavy atom. The molecular weight excluding hydrogens is 504 g/mol. The summed E-state index contributed by atoms with van der Waals surface area (Å²) in [5, 5.41) is 0. The molecule has 0 radical (unpaired) electrons. The second-order valence-corrected chi connectivity index (χ2v) is 7.56. The molecule has 0 unspecified atom stereocenters. The fourth-order valence-corrected chi connectivity index (χ4v) is 3.30. The average molecular weight is 534 g/mol. The Hall–Kier alpha value is -2.54. The fraction of sp³-hybridized carbons (Fsp3) is 0.125. The van der Waals surface area contributed by atoms with Crippen LogP contribution in [-0.2, 0) is 29.8 Å². The van der Waals surface area contributed by atoms with Crippen molar-refractivity contribution in [1.29, 1.82) is 0 Å². The monoisotopic (exact) mass is 532 g/mol. The zero-order valence-electron chi connectivity index (χ0n) is 20.0. The molecule has 0 N–H and O–H groups in total. The molecule has 0 nitrogen and oxygen atoms in total. The summed E-state index contributed by atoms with van der Waals surface area (Å²) in [6.07, 6.45) is 11.0. The van der Waals surface area contributed by atoms with Crippen molar-refractivity contribution in [3.63, 3.8) is 0 Å². The van der Waals surface area contributed by atoms with Gasteiger partial charge in [-0.1, -0.05) is 49.2 Å². The number of fused-ring (bicyclic) bond motifs is 3. The van der Waals surface area contributed by atoms with Crippen LogP contribution in [0.1, 0.15) is 28.7 Å². The maximum absolute atomic E-state index is 3.30. The van der Waals surface area contributed by atoms with Gasteiger partial charge in [0.25, 0.3) is 0 Å². The predicted octanol–water partition coefficient (Wildman–Crippen LogP) is 7.04. The number of benzene rings is 4. The third kappa shape index (κ3) is 10.2. The summed E-state index contributed by atoms with van der Waals surface area (Å²) in [6.45, 7) is 6.06. The van der Waals surface area contributed by atoms with Crippen molar-refractivity contribution in [2.45, 2.75) is 26.7 Å². The molecule has 0 bridgehead atoms. The fourth-order valence-electron chi connectivity index (χ4n) is 3.30. The average Bonchev–Trinajstić information content (AvgIpc) is 3.59. The molecule has 34 heavy (non-hydrogen) atoms. The summed E-state index contributed by atoms with van der Waals surface area (Å²) in [7, 11) is 0. The maximum Gasteiger partial charge on any atom is -0.0253 e. The molecule has 2 aliphatic carbocycles. The van der Waals surface area contributed by atoms with Crippen LogP contribution in [0.4, 0.5) is 0 Å². The van der Waals surface area contributed by atoms with E-state index in [9.17, 15) is 0 Å². The molecular formula is C32H30SiZr-4. The van der Waals surface area contributed by atoms with Crippen molar-refractivity contribution in [3.8, 4) is 11.1 Å². The first-order valence-corrected chi connectivity index (χ1v) is 17.2. The minimum atomic E-state index is 1.01. The van der Waals surface area contributed by atoms with Crippen molar-refractivity contribution in [2.75, 3.05) is 0 Å². The molecule has 4 aromatic carbocycles. The van der Waals surface area contributed by atoms with Crippen LogP contribution in [0.15, 0.2) is 109 Å². The first-order chi connectivity index (χ1) is 16.7. The van der Waals surface area contributed by atoms with Gasteiger partial charge in [-0.05, 0) is 6.42 Å². The van der Waals surface area contributed by atoms with E-state index in [-0.39, 0.29) is 0 Å². The van der Waals surface area contributed by atoms with Crippen molar-refractivity contribution in [3.05, 3.63) is 156 Å². The molecule has 2 aliphatic rings. The maximum atomic E-state index is 3.30. The zero-order valence-corrected chi connectivity index (χ0v) is 23.9. The van der Waals surface area contributed by atoms with Crippen molar-refractivity contribution in [2.24, 2.45) is 0 Å². The third-order valence-corrected chi connectivity index (χ3v) is 4.93. The summed E-state index contributed by atoms with van der Waals surface area (Å²) in [5.41, 5.74) is 8.04. The van der Waals surface area contributed by atoms with Gasteiger partial charge in [-0.2, -0.15) is 108 Å². The van der Waals surface area contributed by atoms with Gasteiger partial charge in [-0.25, -0.2) is 12.2 Å². The van der Waals surface area contributed by atoms with Crippen LogP contribution in [0.5, 0.6) is 0 Å². The van der Waals surface area contributed by atoms with E-state index in [1.807, 2.05) is 61.5 Å². The second-order valence-electron chi connectivity index (χ2n) is 7.56. The standard InChI is InChI=1S/C13H9.2C7H7.C5H5.H2Si.Zr/c1-3-7-12-10(5-1)9-11-6-2-4-8-13(11)12;2*1-7-5-3-2-4-6-7;1-2-4-5-3-1;;/h1-5,7-8H,9H2;2*2-3,5-6H,1H3;1-3H,4H2;1H2;/q4*-1;;. The molecule has 0 aliphatic heterocycles. The van der Waals surface area contributed by atoms with E-state index in [1.54, 1.807) is 23.3 Å². The topological polar surface area (TPSA) is 0 Å².